The van der Waals surface area contributed by atoms with E-state index >= 15 is 0 Å². The van der Waals surface area contributed by atoms with Gasteiger partial charge in [-0.1, -0.05) is 12.8 Å². The topological polar surface area (TPSA) is 62.1 Å². The minimum atomic E-state index is -0.679. The molecular weight excluding hydrogens is 302 g/mol. The van der Waals surface area contributed by atoms with Gasteiger partial charge in [0.2, 0.25) is 0 Å². The third-order valence-corrected chi connectivity index (χ3v) is 5.02. The molecule has 1 atom stereocenters. The molecule has 2 aliphatic rings. The maximum absolute atomic E-state index is 12.5. The normalized spacial score (nSPS) is 21.2. The summed E-state index contributed by atoms with van der Waals surface area (Å²) in [5.41, 5.74) is 1.17. The predicted octanol–water partition coefficient (Wildman–Crippen LogP) is 0.454. The van der Waals surface area contributed by atoms with Gasteiger partial charge in [-0.05, 0) is 29.7 Å². The maximum Gasteiger partial charge on any atom is 0.338 e. The Kier molecular flexibility index (Phi) is 4.26. The number of quaternary nitrogens is 1. The predicted molar refractivity (Wildman–Crippen MR) is 81.1 cm³/mol. The van der Waals surface area contributed by atoms with Crippen LogP contribution in [0.3, 0.4) is 0 Å². The summed E-state index contributed by atoms with van der Waals surface area (Å²) in [6.07, 6.45) is 3.66. The second-order valence-corrected chi connectivity index (χ2v) is 6.83. The van der Waals surface area contributed by atoms with Crippen LogP contribution in [0.1, 0.15) is 31.2 Å². The molecule has 1 saturated carbocycles. The molecule has 4 amide bonds. The van der Waals surface area contributed by atoms with Gasteiger partial charge in [-0.2, -0.15) is 11.3 Å². The van der Waals surface area contributed by atoms with Crippen molar-refractivity contribution in [2.45, 2.75) is 38.3 Å². The molecule has 1 N–H and O–H groups in total. The number of hydrogen-bond acceptors (Lipinski definition) is 4. The summed E-state index contributed by atoms with van der Waals surface area (Å²) in [5, 5.41) is 4.05. The zero-order chi connectivity index (χ0) is 15.7. The lowest BCUT2D eigenvalue weighted by molar-refractivity contribution is -0.901. The first-order chi connectivity index (χ1) is 10.6. The largest absolute Gasteiger partial charge is 0.338 e. The molecule has 1 saturated heterocycles. The molecule has 2 fully saturated rings. The fraction of sp³-hybridized carbons (Fsp3) is 0.533. The van der Waals surface area contributed by atoms with Gasteiger partial charge in [0.05, 0.1) is 7.05 Å². The third-order valence-electron chi connectivity index (χ3n) is 4.29. The molecule has 1 aliphatic heterocycles. The highest BCUT2D eigenvalue weighted by Crippen LogP contribution is 2.27. The van der Waals surface area contributed by atoms with Gasteiger partial charge in [0, 0.05) is 11.6 Å². The molecule has 0 bridgehead atoms. The van der Waals surface area contributed by atoms with Crippen LogP contribution in [-0.4, -0.2) is 47.4 Å². The van der Waals surface area contributed by atoms with Crippen LogP contribution >= 0.6 is 11.3 Å². The van der Waals surface area contributed by atoms with Gasteiger partial charge < -0.3 is 4.90 Å². The summed E-state index contributed by atoms with van der Waals surface area (Å²) in [6.45, 7) is 0.945. The van der Waals surface area contributed by atoms with Crippen molar-refractivity contribution in [3.8, 4) is 0 Å². The lowest BCUT2D eigenvalue weighted by Gasteiger charge is -2.22. The van der Waals surface area contributed by atoms with Crippen LogP contribution in [0, 0.1) is 0 Å². The van der Waals surface area contributed by atoms with E-state index in [1.807, 2.05) is 23.9 Å². The Labute approximate surface area is 133 Å². The van der Waals surface area contributed by atoms with Crippen molar-refractivity contribution in [3.05, 3.63) is 22.4 Å². The number of carbonyl (C=O) groups excluding carboxylic acids is 3. The van der Waals surface area contributed by atoms with E-state index in [2.05, 4.69) is 0 Å². The van der Waals surface area contributed by atoms with Gasteiger partial charge in [-0.3, -0.25) is 14.5 Å². The second kappa shape index (κ2) is 6.18. The quantitative estimate of drug-likeness (QED) is 0.633. The average molecular weight is 322 g/mol. The third kappa shape index (κ3) is 2.78. The van der Waals surface area contributed by atoms with E-state index in [1.54, 1.807) is 11.3 Å². The summed E-state index contributed by atoms with van der Waals surface area (Å²) >= 11 is 1.62. The van der Waals surface area contributed by atoms with Crippen molar-refractivity contribution in [1.29, 1.82) is 0 Å². The van der Waals surface area contributed by atoms with Crippen molar-refractivity contribution < 1.29 is 19.3 Å². The molecule has 22 heavy (non-hydrogen) atoms. The molecule has 1 aromatic rings. The van der Waals surface area contributed by atoms with Gasteiger partial charge in [0.15, 0.2) is 6.67 Å². The highest BCUT2D eigenvalue weighted by Gasteiger charge is 2.49. The monoisotopic (exact) mass is 322 g/mol. The standard InChI is InChI=1S/C15H19N3O3S/c1-16(8-11-6-7-22-9-11)10-17-13(19)14(20)18(15(17)21)12-4-2-3-5-12/h6-7,9,12H,2-5,8,10H2,1H3/p+1. The van der Waals surface area contributed by atoms with Gasteiger partial charge in [0.1, 0.15) is 6.54 Å². The molecule has 118 valence electrons. The van der Waals surface area contributed by atoms with E-state index in [4.69, 9.17) is 0 Å². The number of amides is 4. The van der Waals surface area contributed by atoms with Gasteiger partial charge in [-0.25, -0.2) is 9.69 Å². The number of thiophene rings is 1. The highest BCUT2D eigenvalue weighted by atomic mass is 32.1. The molecule has 1 aliphatic carbocycles. The van der Waals surface area contributed by atoms with Crippen molar-refractivity contribution in [3.63, 3.8) is 0 Å². The van der Waals surface area contributed by atoms with E-state index in [1.165, 1.54) is 10.5 Å². The molecule has 7 heteroatoms. The molecule has 6 nitrogen and oxygen atoms in total. The minimum absolute atomic E-state index is 0.0915. The summed E-state index contributed by atoms with van der Waals surface area (Å²) in [4.78, 5) is 40.0. The Morgan fingerprint density at radius 2 is 1.95 bits per heavy atom. The Bertz CT molecular complexity index is 581. The lowest BCUT2D eigenvalue weighted by atomic mass is 10.2. The number of nitrogens with one attached hydrogen (secondary N) is 1. The SMILES string of the molecule is C[NH+](Cc1ccsc1)CN1C(=O)C(=O)N(C2CCCC2)C1=O. The Morgan fingerprint density at radius 3 is 2.59 bits per heavy atom. The smallest absolute Gasteiger partial charge is 0.316 e. The van der Waals surface area contributed by atoms with E-state index in [0.29, 0.717) is 0 Å². The molecule has 0 aromatic carbocycles. The van der Waals surface area contributed by atoms with Gasteiger partial charge in [-0.15, -0.1) is 0 Å². The van der Waals surface area contributed by atoms with Crippen molar-refractivity contribution in [2.75, 3.05) is 13.7 Å². The van der Waals surface area contributed by atoms with Crippen LogP contribution in [0.25, 0.3) is 0 Å². The molecule has 3 rings (SSSR count). The number of imide groups is 2. The van der Waals surface area contributed by atoms with Crippen molar-refractivity contribution in [1.82, 2.24) is 9.80 Å². The molecule has 0 radical (unpaired) electrons. The first-order valence-electron chi connectivity index (χ1n) is 7.59. The fourth-order valence-electron chi connectivity index (χ4n) is 3.21. The Morgan fingerprint density at radius 1 is 1.23 bits per heavy atom. The number of nitrogens with zero attached hydrogens (tertiary/aromatic N) is 2. The zero-order valence-electron chi connectivity index (χ0n) is 12.6. The summed E-state index contributed by atoms with van der Waals surface area (Å²) < 4.78 is 0. The van der Waals surface area contributed by atoms with Gasteiger partial charge >= 0.3 is 17.8 Å². The summed E-state index contributed by atoms with van der Waals surface area (Å²) in [7, 11) is 1.92. The molecule has 1 aromatic heterocycles. The van der Waals surface area contributed by atoms with Crippen LogP contribution in [0.2, 0.25) is 0 Å². The van der Waals surface area contributed by atoms with Crippen LogP contribution in [0.5, 0.6) is 0 Å². The first kappa shape index (κ1) is 15.2. The Balaban J connectivity index is 1.67. The Hall–Kier alpha value is -1.73. The fourth-order valence-corrected chi connectivity index (χ4v) is 3.88. The number of hydrogen-bond donors (Lipinski definition) is 1. The van der Waals surface area contributed by atoms with Crippen LogP contribution in [-0.2, 0) is 16.1 Å². The first-order valence-corrected chi connectivity index (χ1v) is 8.53. The molecule has 2 heterocycles. The lowest BCUT2D eigenvalue weighted by Crippen LogP contribution is -3.09. The number of rotatable bonds is 5. The average Bonchev–Trinajstić information content (AvgIpc) is 3.20. The van der Waals surface area contributed by atoms with E-state index in [0.717, 1.165) is 42.0 Å². The van der Waals surface area contributed by atoms with Crippen LogP contribution in [0.4, 0.5) is 4.79 Å². The second-order valence-electron chi connectivity index (χ2n) is 6.05. The van der Waals surface area contributed by atoms with Crippen molar-refractivity contribution in [2.24, 2.45) is 0 Å². The molecular formula is C15H20N3O3S+. The summed E-state index contributed by atoms with van der Waals surface area (Å²) in [6, 6.07) is 1.50. The molecule has 0 spiro atoms. The van der Waals surface area contributed by atoms with E-state index in [9.17, 15) is 14.4 Å². The van der Waals surface area contributed by atoms with Gasteiger partial charge in [0.25, 0.3) is 0 Å². The van der Waals surface area contributed by atoms with E-state index < -0.39 is 17.8 Å². The molecule has 1 unspecified atom stereocenters. The number of carbonyl (C=O) groups is 3. The van der Waals surface area contributed by atoms with E-state index in [-0.39, 0.29) is 12.7 Å². The zero-order valence-corrected chi connectivity index (χ0v) is 13.4. The van der Waals surface area contributed by atoms with Crippen LogP contribution < -0.4 is 4.90 Å². The summed E-state index contributed by atoms with van der Waals surface area (Å²) in [5.74, 6) is -1.33. The maximum atomic E-state index is 12.5. The number of urea groups is 1. The highest BCUT2D eigenvalue weighted by molar-refractivity contribution is 7.07. The van der Waals surface area contributed by atoms with Crippen molar-refractivity contribution >= 4 is 29.2 Å². The minimum Gasteiger partial charge on any atom is -0.316 e. The van der Waals surface area contributed by atoms with Crippen LogP contribution in [0.15, 0.2) is 16.8 Å².